The first-order valence-electron chi connectivity index (χ1n) is 4.81. The molecule has 0 spiro atoms. The zero-order valence-corrected chi connectivity index (χ0v) is 9.51. The summed E-state index contributed by atoms with van der Waals surface area (Å²) < 4.78 is 37.0. The molecule has 0 unspecified atom stereocenters. The molecule has 0 saturated heterocycles. The highest BCUT2D eigenvalue weighted by Crippen LogP contribution is 2.32. The lowest BCUT2D eigenvalue weighted by Crippen LogP contribution is -2.21. The molecule has 0 fully saturated rings. The zero-order chi connectivity index (χ0) is 13.2. The number of nitrogens with zero attached hydrogens (tertiary/aromatic N) is 1. The summed E-state index contributed by atoms with van der Waals surface area (Å²) in [7, 11) is 3.15. The molecular weight excluding hydrogens is 231 g/mol. The van der Waals surface area contributed by atoms with E-state index in [-0.39, 0.29) is 11.5 Å². The Hall–Kier alpha value is -1.78. The molecule has 0 atom stereocenters. The number of benzene rings is 1. The summed E-state index contributed by atoms with van der Waals surface area (Å²) in [5, 5.41) is 0. The molecule has 0 bridgehead atoms. The Kier molecular flexibility index (Phi) is 3.60. The van der Waals surface area contributed by atoms with Crippen LogP contribution in [0.3, 0.4) is 0 Å². The molecule has 0 aliphatic rings. The van der Waals surface area contributed by atoms with Crippen molar-refractivity contribution in [1.82, 2.24) is 4.90 Å². The van der Waals surface area contributed by atoms with Gasteiger partial charge >= 0.3 is 6.18 Å². The van der Waals surface area contributed by atoms with Gasteiger partial charge < -0.3 is 4.90 Å². The predicted molar refractivity (Wildman–Crippen MR) is 59.5 cm³/mol. The van der Waals surface area contributed by atoms with Crippen LogP contribution in [0.2, 0.25) is 0 Å². The van der Waals surface area contributed by atoms with Crippen molar-refractivity contribution in [2.75, 3.05) is 14.1 Å². The van der Waals surface area contributed by atoms with Gasteiger partial charge in [-0.1, -0.05) is 18.7 Å². The molecule has 0 radical (unpaired) electrons. The highest BCUT2D eigenvalue weighted by molar-refractivity contribution is 5.94. The fourth-order valence-electron chi connectivity index (χ4n) is 1.24. The van der Waals surface area contributed by atoms with Gasteiger partial charge in [0.2, 0.25) is 0 Å². The van der Waals surface area contributed by atoms with Gasteiger partial charge in [0.25, 0.3) is 5.91 Å². The van der Waals surface area contributed by atoms with Crippen molar-refractivity contribution in [1.29, 1.82) is 0 Å². The molecule has 1 rings (SSSR count). The summed E-state index contributed by atoms with van der Waals surface area (Å²) in [6, 6.07) is 5.20. The van der Waals surface area contributed by atoms with Gasteiger partial charge in [-0.25, -0.2) is 0 Å². The molecule has 0 aliphatic heterocycles. The SMILES string of the molecule is C=C(c1ccc(C(=O)N(C)C)cc1)C(F)(F)F. The van der Waals surface area contributed by atoms with E-state index in [0.29, 0.717) is 5.56 Å². The lowest BCUT2D eigenvalue weighted by atomic mass is 10.0. The number of carbonyl (C=O) groups excluding carboxylic acids is 1. The molecule has 5 heteroatoms. The average Bonchev–Trinajstić information content (AvgIpc) is 2.26. The molecule has 0 saturated carbocycles. The second-order valence-electron chi connectivity index (χ2n) is 3.75. The monoisotopic (exact) mass is 243 g/mol. The van der Waals surface area contributed by atoms with Gasteiger partial charge in [-0.05, 0) is 17.7 Å². The third kappa shape index (κ3) is 3.09. The van der Waals surface area contributed by atoms with E-state index in [1.165, 1.54) is 29.2 Å². The van der Waals surface area contributed by atoms with E-state index in [0.717, 1.165) is 0 Å². The zero-order valence-electron chi connectivity index (χ0n) is 9.51. The van der Waals surface area contributed by atoms with Crippen LogP contribution < -0.4 is 0 Å². The number of halogens is 3. The molecule has 2 nitrogen and oxygen atoms in total. The van der Waals surface area contributed by atoms with Crippen LogP contribution in [0.5, 0.6) is 0 Å². The van der Waals surface area contributed by atoms with E-state index < -0.39 is 11.7 Å². The quantitative estimate of drug-likeness (QED) is 0.782. The molecule has 0 N–H and O–H groups in total. The van der Waals surface area contributed by atoms with Gasteiger partial charge in [0.05, 0.1) is 5.57 Å². The summed E-state index contributed by atoms with van der Waals surface area (Å²) in [5.74, 6) is -0.255. The van der Waals surface area contributed by atoms with E-state index >= 15 is 0 Å². The molecule has 92 valence electrons. The maximum absolute atomic E-state index is 12.3. The Morgan fingerprint density at radius 1 is 1.12 bits per heavy atom. The molecule has 0 aliphatic carbocycles. The number of carbonyl (C=O) groups is 1. The molecule has 1 aromatic carbocycles. The predicted octanol–water partition coefficient (Wildman–Crippen LogP) is 2.96. The van der Waals surface area contributed by atoms with Crippen LogP contribution in [-0.4, -0.2) is 31.1 Å². The van der Waals surface area contributed by atoms with Crippen LogP contribution in [0.4, 0.5) is 13.2 Å². The molecule has 0 aromatic heterocycles. The molecular formula is C12H12F3NO. The Morgan fingerprint density at radius 2 is 1.53 bits per heavy atom. The third-order valence-electron chi connectivity index (χ3n) is 2.23. The first-order chi connectivity index (χ1) is 7.73. The summed E-state index contributed by atoms with van der Waals surface area (Å²) >= 11 is 0. The number of alkyl halides is 3. The van der Waals surface area contributed by atoms with E-state index in [2.05, 4.69) is 6.58 Å². The lowest BCUT2D eigenvalue weighted by Gasteiger charge is -2.12. The normalized spacial score (nSPS) is 11.1. The van der Waals surface area contributed by atoms with Gasteiger partial charge in [-0.15, -0.1) is 0 Å². The van der Waals surface area contributed by atoms with Crippen molar-refractivity contribution >= 4 is 11.5 Å². The first-order valence-corrected chi connectivity index (χ1v) is 4.81. The minimum absolute atomic E-state index is 0.0344. The second-order valence-corrected chi connectivity index (χ2v) is 3.75. The van der Waals surface area contributed by atoms with Gasteiger partial charge in [0.15, 0.2) is 0 Å². The van der Waals surface area contributed by atoms with Crippen molar-refractivity contribution < 1.29 is 18.0 Å². The second kappa shape index (κ2) is 4.61. The number of amides is 1. The van der Waals surface area contributed by atoms with Crippen LogP contribution in [-0.2, 0) is 0 Å². The minimum Gasteiger partial charge on any atom is -0.345 e. The van der Waals surface area contributed by atoms with E-state index in [9.17, 15) is 18.0 Å². The third-order valence-corrected chi connectivity index (χ3v) is 2.23. The first kappa shape index (κ1) is 13.3. The highest BCUT2D eigenvalue weighted by Gasteiger charge is 2.32. The van der Waals surface area contributed by atoms with Crippen LogP contribution in [0, 0.1) is 0 Å². The Bertz CT molecular complexity index is 432. The van der Waals surface area contributed by atoms with Crippen molar-refractivity contribution in [2.24, 2.45) is 0 Å². The standard InChI is InChI=1S/C12H12F3NO/c1-8(12(13,14)15)9-4-6-10(7-5-9)11(17)16(2)3/h4-7H,1H2,2-3H3. The smallest absolute Gasteiger partial charge is 0.345 e. The highest BCUT2D eigenvalue weighted by atomic mass is 19.4. The lowest BCUT2D eigenvalue weighted by molar-refractivity contribution is -0.0686. The number of hydrogen-bond donors (Lipinski definition) is 0. The summed E-state index contributed by atoms with van der Waals surface area (Å²) in [5.41, 5.74) is -0.608. The van der Waals surface area contributed by atoms with Gasteiger partial charge in [-0.3, -0.25) is 4.79 Å². The Labute approximate surface area is 97.3 Å². The van der Waals surface area contributed by atoms with Crippen molar-refractivity contribution in [2.45, 2.75) is 6.18 Å². The average molecular weight is 243 g/mol. The molecule has 1 amide bonds. The topological polar surface area (TPSA) is 20.3 Å². The van der Waals surface area contributed by atoms with Crippen LogP contribution in [0.1, 0.15) is 15.9 Å². The van der Waals surface area contributed by atoms with Crippen LogP contribution >= 0.6 is 0 Å². The minimum atomic E-state index is -4.45. The van der Waals surface area contributed by atoms with Crippen LogP contribution in [0.25, 0.3) is 5.57 Å². The van der Waals surface area contributed by atoms with Gasteiger partial charge in [0.1, 0.15) is 0 Å². The summed E-state index contributed by atoms with van der Waals surface area (Å²) in [6.07, 6.45) is -4.45. The summed E-state index contributed by atoms with van der Waals surface area (Å²) in [6.45, 7) is 2.99. The number of rotatable bonds is 2. The summed E-state index contributed by atoms with van der Waals surface area (Å²) in [4.78, 5) is 12.9. The Morgan fingerprint density at radius 3 is 1.88 bits per heavy atom. The Balaban J connectivity index is 2.97. The van der Waals surface area contributed by atoms with Crippen molar-refractivity contribution in [3.8, 4) is 0 Å². The number of allylic oxidation sites excluding steroid dienone is 1. The molecule has 1 aromatic rings. The maximum Gasteiger partial charge on any atom is 0.416 e. The fourth-order valence-corrected chi connectivity index (χ4v) is 1.24. The van der Waals surface area contributed by atoms with E-state index in [1.807, 2.05) is 0 Å². The fraction of sp³-hybridized carbons (Fsp3) is 0.250. The molecule has 0 heterocycles. The van der Waals surface area contributed by atoms with Crippen molar-refractivity contribution in [3.05, 3.63) is 42.0 Å². The van der Waals surface area contributed by atoms with E-state index in [1.54, 1.807) is 14.1 Å². The van der Waals surface area contributed by atoms with Gasteiger partial charge in [0, 0.05) is 19.7 Å². The largest absolute Gasteiger partial charge is 0.416 e. The van der Waals surface area contributed by atoms with E-state index in [4.69, 9.17) is 0 Å². The van der Waals surface area contributed by atoms with Crippen LogP contribution in [0.15, 0.2) is 30.8 Å². The molecule has 17 heavy (non-hydrogen) atoms. The van der Waals surface area contributed by atoms with Gasteiger partial charge in [-0.2, -0.15) is 13.2 Å². The maximum atomic E-state index is 12.3. The van der Waals surface area contributed by atoms with Crippen molar-refractivity contribution in [3.63, 3.8) is 0 Å². The number of hydrogen-bond acceptors (Lipinski definition) is 1.